The van der Waals surface area contributed by atoms with Crippen molar-refractivity contribution >= 4 is 54.1 Å². The van der Waals surface area contributed by atoms with Gasteiger partial charge in [0.05, 0.1) is 21.7 Å². The first-order valence-corrected chi connectivity index (χ1v) is 9.24. The smallest absolute Gasteiger partial charge is 0.294 e. The van der Waals surface area contributed by atoms with Crippen LogP contribution in [-0.4, -0.2) is 34.6 Å². The van der Waals surface area contributed by atoms with Gasteiger partial charge in [-0.05, 0) is 36.4 Å². The fraction of sp³-hybridized carbons (Fsp3) is 0. The van der Waals surface area contributed by atoms with Crippen molar-refractivity contribution in [3.63, 3.8) is 0 Å². The maximum absolute atomic E-state index is 12.7. The summed E-state index contributed by atoms with van der Waals surface area (Å²) in [5.41, 5.74) is 1.35. The Labute approximate surface area is 149 Å². The SMILES string of the molecule is O=C1C(c2c(O)[nH]c3ccc(S(=O)(=O)O)cc23)=Nc2ccc(Br)cc21. The molecule has 2 aromatic carbocycles. The number of aromatic nitrogens is 1. The van der Waals surface area contributed by atoms with Crippen molar-refractivity contribution in [1.29, 1.82) is 0 Å². The molecule has 0 unspecified atom stereocenters. The Morgan fingerprint density at radius 3 is 2.60 bits per heavy atom. The number of rotatable bonds is 2. The van der Waals surface area contributed by atoms with E-state index in [1.54, 1.807) is 18.2 Å². The van der Waals surface area contributed by atoms with Gasteiger partial charge in [0.25, 0.3) is 10.1 Å². The van der Waals surface area contributed by atoms with Crippen LogP contribution < -0.4 is 0 Å². The van der Waals surface area contributed by atoms with Crippen LogP contribution in [0.2, 0.25) is 0 Å². The molecule has 126 valence electrons. The average molecular weight is 421 g/mol. The van der Waals surface area contributed by atoms with Crippen molar-refractivity contribution in [3.8, 4) is 5.88 Å². The molecule has 2 heterocycles. The van der Waals surface area contributed by atoms with Gasteiger partial charge in [-0.3, -0.25) is 9.35 Å². The Bertz CT molecular complexity index is 1210. The van der Waals surface area contributed by atoms with Gasteiger partial charge < -0.3 is 10.1 Å². The first-order chi connectivity index (χ1) is 11.8. The van der Waals surface area contributed by atoms with Gasteiger partial charge in [0.1, 0.15) is 5.71 Å². The van der Waals surface area contributed by atoms with Crippen LogP contribution in [0.3, 0.4) is 0 Å². The lowest BCUT2D eigenvalue weighted by Crippen LogP contribution is -2.11. The van der Waals surface area contributed by atoms with Gasteiger partial charge in [0.15, 0.2) is 5.88 Å². The molecule has 0 spiro atoms. The second-order valence-electron chi connectivity index (χ2n) is 5.48. The molecular weight excluding hydrogens is 412 g/mol. The van der Waals surface area contributed by atoms with Gasteiger partial charge in [0.2, 0.25) is 5.78 Å². The predicted molar refractivity (Wildman–Crippen MR) is 94.4 cm³/mol. The summed E-state index contributed by atoms with van der Waals surface area (Å²) in [6, 6.07) is 8.81. The van der Waals surface area contributed by atoms with Crippen LogP contribution in [0.4, 0.5) is 5.69 Å². The number of Topliss-reactive ketones (excluding diaryl/α,β-unsaturated/α-hetero) is 1. The average Bonchev–Trinajstić information content (AvgIpc) is 3.02. The van der Waals surface area contributed by atoms with E-state index in [1.165, 1.54) is 18.2 Å². The van der Waals surface area contributed by atoms with Crippen molar-refractivity contribution in [2.24, 2.45) is 4.99 Å². The highest BCUT2D eigenvalue weighted by atomic mass is 79.9. The van der Waals surface area contributed by atoms with E-state index in [0.717, 1.165) is 0 Å². The van der Waals surface area contributed by atoms with E-state index in [4.69, 9.17) is 0 Å². The minimum absolute atomic E-state index is 0.00402. The maximum atomic E-state index is 12.7. The van der Waals surface area contributed by atoms with E-state index < -0.39 is 10.1 Å². The quantitative estimate of drug-likeness (QED) is 0.549. The third kappa shape index (κ3) is 2.48. The minimum atomic E-state index is -4.42. The number of aromatic hydroxyl groups is 1. The summed E-state index contributed by atoms with van der Waals surface area (Å²) in [7, 11) is -4.42. The van der Waals surface area contributed by atoms with Gasteiger partial charge >= 0.3 is 0 Å². The largest absolute Gasteiger partial charge is 0.494 e. The molecule has 3 N–H and O–H groups in total. The highest BCUT2D eigenvalue weighted by molar-refractivity contribution is 9.10. The molecular formula is C16H9BrN2O5S. The lowest BCUT2D eigenvalue weighted by Gasteiger charge is -2.01. The maximum Gasteiger partial charge on any atom is 0.294 e. The molecule has 7 nitrogen and oxygen atoms in total. The van der Waals surface area contributed by atoms with Crippen molar-refractivity contribution in [2.45, 2.75) is 4.90 Å². The summed E-state index contributed by atoms with van der Waals surface area (Å²) in [6.45, 7) is 0. The normalized spacial score (nSPS) is 14.0. The Morgan fingerprint density at radius 1 is 1.12 bits per heavy atom. The van der Waals surface area contributed by atoms with Crippen LogP contribution >= 0.6 is 15.9 Å². The van der Waals surface area contributed by atoms with Crippen molar-refractivity contribution < 1.29 is 22.9 Å². The number of H-pyrrole nitrogens is 1. The number of hydrogen-bond donors (Lipinski definition) is 3. The van der Waals surface area contributed by atoms with E-state index >= 15 is 0 Å². The number of hydrogen-bond acceptors (Lipinski definition) is 5. The number of carbonyl (C=O) groups is 1. The lowest BCUT2D eigenvalue weighted by atomic mass is 10.0. The van der Waals surface area contributed by atoms with Crippen molar-refractivity contribution in [3.05, 3.63) is 52.0 Å². The Morgan fingerprint density at radius 2 is 1.88 bits per heavy atom. The first kappa shape index (κ1) is 16.0. The van der Waals surface area contributed by atoms with E-state index in [2.05, 4.69) is 25.9 Å². The Balaban J connectivity index is 1.96. The summed E-state index contributed by atoms with van der Waals surface area (Å²) in [5, 5.41) is 10.5. The molecule has 4 rings (SSSR count). The van der Waals surface area contributed by atoms with Crippen molar-refractivity contribution in [2.75, 3.05) is 0 Å². The Kier molecular flexibility index (Phi) is 3.36. The zero-order valence-electron chi connectivity index (χ0n) is 12.3. The van der Waals surface area contributed by atoms with E-state index in [9.17, 15) is 22.9 Å². The fourth-order valence-corrected chi connectivity index (χ4v) is 3.68. The number of nitrogens with zero attached hydrogens (tertiary/aromatic N) is 1. The van der Waals surface area contributed by atoms with Gasteiger partial charge in [-0.2, -0.15) is 8.42 Å². The zero-order chi connectivity index (χ0) is 17.9. The lowest BCUT2D eigenvalue weighted by molar-refractivity contribution is 0.107. The fourth-order valence-electron chi connectivity index (χ4n) is 2.81. The van der Waals surface area contributed by atoms with Crippen LogP contribution in [0.1, 0.15) is 15.9 Å². The summed E-state index contributed by atoms with van der Waals surface area (Å²) in [5.74, 6) is -0.689. The highest BCUT2D eigenvalue weighted by Gasteiger charge is 2.30. The Hall–Kier alpha value is -2.49. The molecule has 1 aliphatic rings. The number of nitrogens with one attached hydrogen (secondary N) is 1. The molecule has 0 atom stereocenters. The molecule has 0 bridgehead atoms. The summed E-state index contributed by atoms with van der Waals surface area (Å²) >= 11 is 3.29. The summed E-state index contributed by atoms with van der Waals surface area (Å²) in [4.78, 5) is 19.3. The monoisotopic (exact) mass is 420 g/mol. The predicted octanol–water partition coefficient (Wildman–Crippen LogP) is 3.20. The van der Waals surface area contributed by atoms with Crippen LogP contribution in [0.15, 0.2) is 50.8 Å². The van der Waals surface area contributed by atoms with E-state index in [1.807, 2.05) is 0 Å². The summed E-state index contributed by atoms with van der Waals surface area (Å²) in [6.07, 6.45) is 0. The second-order valence-corrected chi connectivity index (χ2v) is 7.82. The second kappa shape index (κ2) is 5.25. The number of ketones is 1. The van der Waals surface area contributed by atoms with Gasteiger partial charge in [0, 0.05) is 15.4 Å². The number of benzene rings is 2. The third-order valence-corrected chi connectivity index (χ3v) is 5.28. The van der Waals surface area contributed by atoms with Gasteiger partial charge in [-0.25, -0.2) is 4.99 Å². The molecule has 0 saturated heterocycles. The third-order valence-electron chi connectivity index (χ3n) is 3.94. The number of fused-ring (bicyclic) bond motifs is 2. The summed E-state index contributed by atoms with van der Waals surface area (Å²) < 4.78 is 32.7. The topological polar surface area (TPSA) is 120 Å². The molecule has 9 heteroatoms. The number of carbonyl (C=O) groups excluding carboxylic acids is 1. The molecule has 1 aliphatic heterocycles. The molecule has 0 saturated carbocycles. The van der Waals surface area contributed by atoms with Crippen LogP contribution in [0, 0.1) is 0 Å². The molecule has 25 heavy (non-hydrogen) atoms. The molecule has 3 aromatic rings. The van der Waals surface area contributed by atoms with E-state index in [0.29, 0.717) is 21.2 Å². The highest BCUT2D eigenvalue weighted by Crippen LogP contribution is 2.36. The van der Waals surface area contributed by atoms with Crippen LogP contribution in [0.5, 0.6) is 5.88 Å². The van der Waals surface area contributed by atoms with Gasteiger partial charge in [-0.15, -0.1) is 0 Å². The minimum Gasteiger partial charge on any atom is -0.494 e. The molecule has 0 aliphatic carbocycles. The molecule has 1 aromatic heterocycles. The number of aromatic amines is 1. The number of halogens is 1. The standard InChI is InChI=1S/C16H9BrN2O5S/c17-7-1-3-12-10(5-7)15(20)14(18-12)13-9-6-8(25(22,23)24)2-4-11(9)19-16(13)21/h1-6,19,21H,(H,22,23,24). The first-order valence-electron chi connectivity index (χ1n) is 7.01. The zero-order valence-corrected chi connectivity index (χ0v) is 14.7. The van der Waals surface area contributed by atoms with Crippen LogP contribution in [0.25, 0.3) is 10.9 Å². The van der Waals surface area contributed by atoms with Gasteiger partial charge in [-0.1, -0.05) is 15.9 Å². The van der Waals surface area contributed by atoms with Crippen LogP contribution in [-0.2, 0) is 10.1 Å². The molecule has 0 fully saturated rings. The van der Waals surface area contributed by atoms with Crippen molar-refractivity contribution in [1.82, 2.24) is 4.98 Å². The van der Waals surface area contributed by atoms with E-state index in [-0.39, 0.29) is 33.2 Å². The molecule has 0 radical (unpaired) electrons. The number of aliphatic imine (C=N–C) groups is 1. The molecule has 0 amide bonds.